The van der Waals surface area contributed by atoms with Crippen LogP contribution in [-0.2, 0) is 12.8 Å². The highest BCUT2D eigenvalue weighted by Gasteiger charge is 2.20. The Morgan fingerprint density at radius 3 is 2.33 bits per heavy atom. The van der Waals surface area contributed by atoms with Gasteiger partial charge in [0.15, 0.2) is 0 Å². The van der Waals surface area contributed by atoms with Gasteiger partial charge in [0.2, 0.25) is 0 Å². The van der Waals surface area contributed by atoms with Crippen LogP contribution in [-0.4, -0.2) is 19.1 Å². The van der Waals surface area contributed by atoms with Gasteiger partial charge in [0.1, 0.15) is 17.5 Å². The Morgan fingerprint density at radius 1 is 1.04 bits per heavy atom. The fraction of sp³-hybridized carbons (Fsp3) is 0.400. The molecule has 1 aromatic carbocycles. The van der Waals surface area contributed by atoms with Gasteiger partial charge in [0.05, 0.1) is 0 Å². The zero-order valence-corrected chi connectivity index (χ0v) is 14.5. The third-order valence-electron chi connectivity index (χ3n) is 4.79. The van der Waals surface area contributed by atoms with Gasteiger partial charge in [0, 0.05) is 31.0 Å². The first-order valence-electron chi connectivity index (χ1n) is 8.61. The van der Waals surface area contributed by atoms with Crippen LogP contribution in [0.4, 0.5) is 11.5 Å². The Kier molecular flexibility index (Phi) is 4.71. The molecule has 0 bridgehead atoms. The highest BCUT2D eigenvalue weighted by atomic mass is 15.1. The maximum atomic E-state index is 9.65. The number of pyridine rings is 1. The number of nitrogen functional groups attached to an aromatic ring is 1. The van der Waals surface area contributed by atoms with E-state index >= 15 is 0 Å². The second-order valence-electron chi connectivity index (χ2n) is 6.64. The Balaban J connectivity index is 2.19. The molecule has 1 aliphatic rings. The molecular weight excluding hydrogens is 296 g/mol. The van der Waals surface area contributed by atoms with Gasteiger partial charge in [0.25, 0.3) is 0 Å². The van der Waals surface area contributed by atoms with E-state index in [0.717, 1.165) is 48.2 Å². The van der Waals surface area contributed by atoms with Crippen molar-refractivity contribution in [2.45, 2.75) is 38.5 Å². The molecule has 1 aliphatic carbocycles. The number of hydrogen-bond donors (Lipinski definition) is 1. The average Bonchev–Trinajstić information content (AvgIpc) is 2.56. The number of rotatable bonds is 2. The molecule has 3 rings (SSSR count). The SMILES string of the molecule is CN(C)c1ccc(-c2c(C#N)c(N)nc3c2CCCCCC3)cc1. The predicted molar refractivity (Wildman–Crippen MR) is 99.0 cm³/mol. The van der Waals surface area contributed by atoms with Crippen molar-refractivity contribution >= 4 is 11.5 Å². The molecule has 24 heavy (non-hydrogen) atoms. The third-order valence-corrected chi connectivity index (χ3v) is 4.79. The van der Waals surface area contributed by atoms with Crippen LogP contribution in [0.1, 0.15) is 42.5 Å². The highest BCUT2D eigenvalue weighted by Crippen LogP contribution is 2.35. The monoisotopic (exact) mass is 320 g/mol. The number of aryl methyl sites for hydroxylation is 1. The largest absolute Gasteiger partial charge is 0.383 e. The van der Waals surface area contributed by atoms with E-state index in [4.69, 9.17) is 5.73 Å². The fourth-order valence-electron chi connectivity index (χ4n) is 3.47. The van der Waals surface area contributed by atoms with Crippen molar-refractivity contribution in [3.63, 3.8) is 0 Å². The fourth-order valence-corrected chi connectivity index (χ4v) is 3.47. The summed E-state index contributed by atoms with van der Waals surface area (Å²) in [5.74, 6) is 0.364. The first-order valence-corrected chi connectivity index (χ1v) is 8.61. The first kappa shape index (κ1) is 16.3. The number of anilines is 2. The van der Waals surface area contributed by atoms with Gasteiger partial charge in [-0.1, -0.05) is 25.0 Å². The summed E-state index contributed by atoms with van der Waals surface area (Å²) in [5, 5.41) is 9.65. The molecule has 0 radical (unpaired) electrons. The van der Waals surface area contributed by atoms with E-state index in [1.807, 2.05) is 14.1 Å². The van der Waals surface area contributed by atoms with Crippen LogP contribution in [0.15, 0.2) is 24.3 Å². The van der Waals surface area contributed by atoms with E-state index in [1.165, 1.54) is 18.4 Å². The lowest BCUT2D eigenvalue weighted by atomic mass is 9.88. The summed E-state index contributed by atoms with van der Waals surface area (Å²) in [4.78, 5) is 6.64. The van der Waals surface area contributed by atoms with E-state index in [9.17, 15) is 5.26 Å². The minimum Gasteiger partial charge on any atom is -0.383 e. The van der Waals surface area contributed by atoms with Crippen molar-refractivity contribution in [3.8, 4) is 17.2 Å². The number of nitrogens with zero attached hydrogens (tertiary/aromatic N) is 3. The molecule has 0 amide bonds. The van der Waals surface area contributed by atoms with Crippen molar-refractivity contribution in [3.05, 3.63) is 41.1 Å². The number of nitrogens with two attached hydrogens (primary N) is 1. The molecule has 0 unspecified atom stereocenters. The van der Waals surface area contributed by atoms with Gasteiger partial charge in [-0.3, -0.25) is 0 Å². The van der Waals surface area contributed by atoms with Crippen LogP contribution in [0.25, 0.3) is 11.1 Å². The molecule has 2 aromatic rings. The summed E-state index contributed by atoms with van der Waals surface area (Å²) in [6, 6.07) is 10.6. The molecule has 2 N–H and O–H groups in total. The standard InChI is InChI=1S/C20H24N4/c1-24(2)15-11-9-14(10-12-15)19-16-7-5-3-4-6-8-18(16)23-20(22)17(19)13-21/h9-12H,3-8H2,1-2H3,(H2,22,23). The number of nitriles is 1. The molecule has 0 atom stereocenters. The lowest BCUT2D eigenvalue weighted by molar-refractivity contribution is 0.610. The number of hydrogen-bond acceptors (Lipinski definition) is 4. The number of fused-ring (bicyclic) bond motifs is 1. The molecule has 1 aromatic heterocycles. The van der Waals surface area contributed by atoms with Gasteiger partial charge in [-0.25, -0.2) is 4.98 Å². The average molecular weight is 320 g/mol. The van der Waals surface area contributed by atoms with E-state index in [2.05, 4.69) is 40.2 Å². The molecule has 0 aliphatic heterocycles. The zero-order chi connectivity index (χ0) is 17.1. The maximum absolute atomic E-state index is 9.65. The van der Waals surface area contributed by atoms with Gasteiger partial charge in [-0.05, 0) is 48.9 Å². The van der Waals surface area contributed by atoms with Crippen LogP contribution in [0, 0.1) is 11.3 Å². The molecule has 0 saturated heterocycles. The quantitative estimate of drug-likeness (QED) is 0.910. The van der Waals surface area contributed by atoms with Crippen LogP contribution in [0.2, 0.25) is 0 Å². The van der Waals surface area contributed by atoms with Gasteiger partial charge >= 0.3 is 0 Å². The Hall–Kier alpha value is -2.54. The van der Waals surface area contributed by atoms with Crippen molar-refractivity contribution in [1.82, 2.24) is 4.98 Å². The Morgan fingerprint density at radius 2 is 1.71 bits per heavy atom. The van der Waals surface area contributed by atoms with Crippen molar-refractivity contribution < 1.29 is 0 Å². The zero-order valence-electron chi connectivity index (χ0n) is 14.5. The van der Waals surface area contributed by atoms with Gasteiger partial charge < -0.3 is 10.6 Å². The minimum atomic E-state index is 0.364. The predicted octanol–water partition coefficient (Wildman–Crippen LogP) is 3.93. The van der Waals surface area contributed by atoms with Crippen molar-refractivity contribution in [1.29, 1.82) is 5.26 Å². The normalized spacial score (nSPS) is 14.2. The van der Waals surface area contributed by atoms with Crippen molar-refractivity contribution in [2.24, 2.45) is 0 Å². The van der Waals surface area contributed by atoms with Crippen molar-refractivity contribution in [2.75, 3.05) is 24.7 Å². The lowest BCUT2D eigenvalue weighted by Gasteiger charge is -2.20. The van der Waals surface area contributed by atoms with Gasteiger partial charge in [-0.15, -0.1) is 0 Å². The molecule has 1 heterocycles. The Bertz CT molecular complexity index is 770. The molecule has 124 valence electrons. The van der Waals surface area contributed by atoms with E-state index in [-0.39, 0.29) is 0 Å². The van der Waals surface area contributed by atoms with Crippen LogP contribution < -0.4 is 10.6 Å². The van der Waals surface area contributed by atoms with Gasteiger partial charge in [-0.2, -0.15) is 5.26 Å². The highest BCUT2D eigenvalue weighted by molar-refractivity contribution is 5.80. The summed E-state index contributed by atoms with van der Waals surface area (Å²) >= 11 is 0. The van der Waals surface area contributed by atoms with E-state index in [0.29, 0.717) is 11.4 Å². The molecule has 0 spiro atoms. The topological polar surface area (TPSA) is 65.9 Å². The molecule has 0 saturated carbocycles. The van der Waals surface area contributed by atoms with E-state index < -0.39 is 0 Å². The number of benzene rings is 1. The molecule has 0 fully saturated rings. The van der Waals surface area contributed by atoms with Crippen LogP contribution in [0.5, 0.6) is 0 Å². The molecular formula is C20H24N4. The smallest absolute Gasteiger partial charge is 0.142 e. The minimum absolute atomic E-state index is 0.364. The second kappa shape index (κ2) is 6.92. The van der Waals surface area contributed by atoms with E-state index in [1.54, 1.807) is 0 Å². The first-order chi connectivity index (χ1) is 11.6. The lowest BCUT2D eigenvalue weighted by Crippen LogP contribution is -2.10. The molecule has 4 heteroatoms. The van der Waals surface area contributed by atoms with Crippen LogP contribution in [0.3, 0.4) is 0 Å². The summed E-state index contributed by atoms with van der Waals surface area (Å²) in [5.41, 5.74) is 12.1. The summed E-state index contributed by atoms with van der Waals surface area (Å²) in [6.07, 6.45) is 6.70. The summed E-state index contributed by atoms with van der Waals surface area (Å²) in [7, 11) is 4.05. The second-order valence-corrected chi connectivity index (χ2v) is 6.64. The summed E-state index contributed by atoms with van der Waals surface area (Å²) in [6.45, 7) is 0. The summed E-state index contributed by atoms with van der Waals surface area (Å²) < 4.78 is 0. The number of aromatic nitrogens is 1. The Labute approximate surface area is 143 Å². The third kappa shape index (κ3) is 3.07. The maximum Gasteiger partial charge on any atom is 0.142 e. The molecule has 4 nitrogen and oxygen atoms in total. The van der Waals surface area contributed by atoms with Crippen LogP contribution >= 0.6 is 0 Å².